The van der Waals surface area contributed by atoms with Crippen molar-refractivity contribution < 1.29 is 50.2 Å². The molecule has 0 aliphatic heterocycles. The zero-order chi connectivity index (χ0) is 30.9. The van der Waals surface area contributed by atoms with E-state index in [1.165, 1.54) is 43.3 Å². The molecule has 0 aromatic heterocycles. The lowest BCUT2D eigenvalue weighted by Gasteiger charge is -2.16. The van der Waals surface area contributed by atoms with Gasteiger partial charge in [0.05, 0.1) is 10.8 Å². The van der Waals surface area contributed by atoms with Crippen LogP contribution >= 0.6 is 11.8 Å². The van der Waals surface area contributed by atoms with E-state index in [-0.39, 0.29) is 16.5 Å². The molecule has 3 N–H and O–H groups in total. The van der Waals surface area contributed by atoms with E-state index in [1.807, 2.05) is 0 Å². The zero-order valence-electron chi connectivity index (χ0n) is 21.1. The number of hydrogen-bond donors (Lipinski definition) is 3. The molecule has 0 spiro atoms. The van der Waals surface area contributed by atoms with Crippen LogP contribution in [0.1, 0.15) is 33.2 Å². The van der Waals surface area contributed by atoms with Gasteiger partial charge in [-0.15, -0.1) is 11.8 Å². The number of anilines is 2. The topological polar surface area (TPSA) is 95.5 Å². The van der Waals surface area contributed by atoms with E-state index in [0.717, 1.165) is 11.8 Å². The van der Waals surface area contributed by atoms with Crippen LogP contribution in [0.2, 0.25) is 0 Å². The Labute approximate surface area is 236 Å². The number of carbonyl (C=O) groups excluding carboxylic acids is 2. The second-order valence-corrected chi connectivity index (χ2v) is 10.2. The number of nitrogens with one attached hydrogen (secondary N) is 2. The fourth-order valence-corrected chi connectivity index (χ4v) is 4.86. The van der Waals surface area contributed by atoms with Gasteiger partial charge in [-0.25, -0.2) is 22.4 Å². The summed E-state index contributed by atoms with van der Waals surface area (Å²) >= 11 is 0.827. The van der Waals surface area contributed by atoms with Crippen molar-refractivity contribution in [3.05, 3.63) is 101 Å². The van der Waals surface area contributed by atoms with Crippen molar-refractivity contribution in [3.8, 4) is 0 Å². The van der Waals surface area contributed by atoms with Gasteiger partial charge < -0.3 is 15.7 Å². The molecule has 4 aromatic carbocycles. The lowest BCUT2D eigenvalue weighted by molar-refractivity contribution is -0.143. The van der Waals surface area contributed by atoms with Crippen LogP contribution in [0.3, 0.4) is 0 Å². The first-order chi connectivity index (χ1) is 19.7. The van der Waals surface area contributed by atoms with Gasteiger partial charge in [-0.1, -0.05) is 24.3 Å². The Morgan fingerprint density at radius 2 is 1.33 bits per heavy atom. The highest BCUT2D eigenvalue weighted by Crippen LogP contribution is 2.39. The van der Waals surface area contributed by atoms with E-state index in [1.54, 1.807) is 29.6 Å². The summed E-state index contributed by atoms with van der Waals surface area (Å²) in [5.41, 5.74) is -4.10. The number of carbonyl (C=O) groups is 3. The molecule has 6 nitrogen and oxygen atoms in total. The first kappa shape index (κ1) is 30.4. The third kappa shape index (κ3) is 6.03. The smallest absolute Gasteiger partial charge is 0.422 e. The predicted molar refractivity (Wildman–Crippen MR) is 141 cm³/mol. The highest BCUT2D eigenvalue weighted by atomic mass is 32.2. The van der Waals surface area contributed by atoms with Crippen LogP contribution in [0.15, 0.2) is 65.6 Å². The summed E-state index contributed by atoms with van der Waals surface area (Å²) in [6.07, 6.45) is -5.72. The molecule has 0 saturated heterocycles. The van der Waals surface area contributed by atoms with Gasteiger partial charge in [0, 0.05) is 21.5 Å². The second kappa shape index (κ2) is 11.7. The summed E-state index contributed by atoms with van der Waals surface area (Å²) in [5, 5.41) is 13.4. The lowest BCUT2D eigenvalue weighted by atomic mass is 9.98. The molecule has 0 heterocycles. The largest absolute Gasteiger partial charge is 0.478 e. The number of hydrogen-bond acceptors (Lipinski definition) is 4. The Bertz CT molecular complexity index is 1690. The molecule has 0 aliphatic carbocycles. The van der Waals surface area contributed by atoms with Crippen molar-refractivity contribution in [2.75, 3.05) is 10.6 Å². The number of fused-ring (bicyclic) bond motifs is 1. The maximum atomic E-state index is 14.1. The molecule has 1 unspecified atom stereocenters. The zero-order valence-corrected chi connectivity index (χ0v) is 21.9. The molecule has 4 aromatic rings. The van der Waals surface area contributed by atoms with E-state index in [4.69, 9.17) is 0 Å². The van der Waals surface area contributed by atoms with Crippen molar-refractivity contribution in [1.82, 2.24) is 0 Å². The van der Waals surface area contributed by atoms with Gasteiger partial charge in [0.2, 0.25) is 5.91 Å². The normalized spacial score (nSPS) is 12.2. The van der Waals surface area contributed by atoms with E-state index in [2.05, 4.69) is 5.32 Å². The first-order valence-electron chi connectivity index (χ1n) is 11.8. The van der Waals surface area contributed by atoms with Gasteiger partial charge in [-0.05, 0) is 48.7 Å². The van der Waals surface area contributed by atoms with Crippen molar-refractivity contribution in [3.63, 3.8) is 0 Å². The minimum Gasteiger partial charge on any atom is -0.478 e. The molecule has 4 rings (SSSR count). The number of alkyl halides is 3. The summed E-state index contributed by atoms with van der Waals surface area (Å²) in [4.78, 5) is 37.5. The molecule has 2 amide bonds. The number of rotatable bonds is 7. The third-order valence-corrected chi connectivity index (χ3v) is 7.08. The Hall–Kier alpha value is -4.59. The molecule has 1 atom stereocenters. The van der Waals surface area contributed by atoms with Crippen molar-refractivity contribution >= 4 is 51.7 Å². The molecule has 0 aliphatic rings. The fourth-order valence-electron chi connectivity index (χ4n) is 4.00. The van der Waals surface area contributed by atoms with E-state index in [0.29, 0.717) is 16.0 Å². The van der Waals surface area contributed by atoms with Crippen LogP contribution in [0.25, 0.3) is 10.8 Å². The third-order valence-electron chi connectivity index (χ3n) is 5.97. The fraction of sp³-hybridized carbons (Fsp3) is 0.107. The first-order valence-corrected chi connectivity index (χ1v) is 12.7. The van der Waals surface area contributed by atoms with Gasteiger partial charge in [0.25, 0.3) is 5.91 Å². The Morgan fingerprint density at radius 3 is 1.86 bits per heavy atom. The minimum absolute atomic E-state index is 0.0567. The standard InChI is InChI=1S/C28H17F7N2O4S/c1-12(25(38)37-24-22(31)20(29)19(28(33,34)35)21(30)23(24)32)42-15-10-8-14(9-11-15)36-26(39)16-6-2-4-13-5-3-7-17(18(13)16)27(40)41/h2-12H,1H3,(H,36,39)(H,37,38)(H,40,41). The Balaban J connectivity index is 1.47. The van der Waals surface area contributed by atoms with Crippen molar-refractivity contribution in [2.24, 2.45) is 0 Å². The van der Waals surface area contributed by atoms with Gasteiger partial charge in [0.15, 0.2) is 23.3 Å². The van der Waals surface area contributed by atoms with Gasteiger partial charge in [-0.2, -0.15) is 13.2 Å². The van der Waals surface area contributed by atoms with Crippen LogP contribution < -0.4 is 10.6 Å². The van der Waals surface area contributed by atoms with Crippen LogP contribution in [0, 0.1) is 23.3 Å². The van der Waals surface area contributed by atoms with Crippen molar-refractivity contribution in [1.29, 1.82) is 0 Å². The number of halogens is 7. The number of carboxylic acids is 1. The molecule has 0 saturated carbocycles. The average Bonchev–Trinajstić information content (AvgIpc) is 2.93. The highest BCUT2D eigenvalue weighted by Gasteiger charge is 2.42. The minimum atomic E-state index is -5.72. The number of amides is 2. The molecular weight excluding hydrogens is 593 g/mol. The van der Waals surface area contributed by atoms with Crippen LogP contribution in [0.5, 0.6) is 0 Å². The van der Waals surface area contributed by atoms with Gasteiger partial charge >= 0.3 is 12.1 Å². The van der Waals surface area contributed by atoms with E-state index < -0.39 is 63.7 Å². The highest BCUT2D eigenvalue weighted by molar-refractivity contribution is 8.00. The monoisotopic (exact) mass is 610 g/mol. The Kier molecular flexibility index (Phi) is 8.48. The quantitative estimate of drug-likeness (QED) is 0.115. The second-order valence-electron chi connectivity index (χ2n) is 8.75. The molecule has 0 bridgehead atoms. The molecular formula is C28H17F7N2O4S. The number of aromatic carboxylic acids is 1. The van der Waals surface area contributed by atoms with Crippen LogP contribution in [-0.2, 0) is 11.0 Å². The molecule has 14 heteroatoms. The van der Waals surface area contributed by atoms with Gasteiger partial charge in [-0.3, -0.25) is 9.59 Å². The lowest BCUT2D eigenvalue weighted by Crippen LogP contribution is -2.25. The molecule has 218 valence electrons. The SMILES string of the molecule is CC(Sc1ccc(NC(=O)c2cccc3cccc(C(=O)O)c23)cc1)C(=O)Nc1c(F)c(F)c(C(F)(F)F)c(F)c1F. The summed E-state index contributed by atoms with van der Waals surface area (Å²) < 4.78 is 94.3. The van der Waals surface area contributed by atoms with Crippen molar-refractivity contribution in [2.45, 2.75) is 23.2 Å². The molecule has 0 radical (unpaired) electrons. The molecule has 42 heavy (non-hydrogen) atoms. The average molecular weight is 611 g/mol. The van der Waals surface area contributed by atoms with Crippen LogP contribution in [-0.4, -0.2) is 28.1 Å². The number of thioether (sulfide) groups is 1. The van der Waals surface area contributed by atoms with E-state index in [9.17, 15) is 50.2 Å². The van der Waals surface area contributed by atoms with E-state index >= 15 is 0 Å². The number of carboxylic acid groups (broad SMARTS) is 1. The van der Waals surface area contributed by atoms with Gasteiger partial charge in [0.1, 0.15) is 11.3 Å². The Morgan fingerprint density at radius 1 is 0.786 bits per heavy atom. The predicted octanol–water partition coefficient (Wildman–Crippen LogP) is 7.48. The summed E-state index contributed by atoms with van der Waals surface area (Å²) in [6.45, 7) is 1.27. The summed E-state index contributed by atoms with van der Waals surface area (Å²) in [7, 11) is 0. The maximum Gasteiger partial charge on any atom is 0.422 e. The summed E-state index contributed by atoms with van der Waals surface area (Å²) in [5.74, 6) is -13.2. The van der Waals surface area contributed by atoms with Crippen LogP contribution in [0.4, 0.5) is 42.1 Å². The maximum absolute atomic E-state index is 14.1. The number of benzene rings is 4. The summed E-state index contributed by atoms with van der Waals surface area (Å²) in [6, 6.07) is 15.2. The molecule has 0 fully saturated rings.